The average Bonchev–Trinajstić information content (AvgIpc) is 2.92. The first-order valence-corrected chi connectivity index (χ1v) is 8.32. The summed E-state index contributed by atoms with van der Waals surface area (Å²) < 4.78 is 0. The van der Waals surface area contributed by atoms with Gasteiger partial charge in [0.1, 0.15) is 6.54 Å². The van der Waals surface area contributed by atoms with E-state index in [0.717, 1.165) is 36.9 Å². The summed E-state index contributed by atoms with van der Waals surface area (Å²) in [6, 6.07) is 7.73. The summed E-state index contributed by atoms with van der Waals surface area (Å²) in [7, 11) is 0. The number of hydrogen-bond donors (Lipinski definition) is 2. The van der Waals surface area contributed by atoms with Crippen molar-refractivity contribution in [1.82, 2.24) is 5.32 Å². The zero-order valence-corrected chi connectivity index (χ0v) is 13.5. The van der Waals surface area contributed by atoms with Crippen LogP contribution in [-0.4, -0.2) is 36.1 Å². The molecule has 0 bridgehead atoms. The van der Waals surface area contributed by atoms with Gasteiger partial charge in [-0.25, -0.2) is 0 Å². The third kappa shape index (κ3) is 3.11. The number of nitrogens with one attached hydrogen (secondary N) is 1. The molecule has 0 saturated heterocycles. The topological polar surface area (TPSA) is 69.6 Å². The van der Waals surface area contributed by atoms with Gasteiger partial charge in [0.25, 0.3) is 0 Å². The maximum absolute atomic E-state index is 12.4. The van der Waals surface area contributed by atoms with E-state index in [1.165, 1.54) is 0 Å². The van der Waals surface area contributed by atoms with Crippen LogP contribution in [0.25, 0.3) is 0 Å². The number of aliphatic hydroxyl groups excluding tert-OH is 1. The summed E-state index contributed by atoms with van der Waals surface area (Å²) in [5.41, 5.74) is 1.70. The van der Waals surface area contributed by atoms with Crippen molar-refractivity contribution in [1.29, 1.82) is 0 Å². The third-order valence-corrected chi connectivity index (χ3v) is 5.27. The minimum absolute atomic E-state index is 0.00445. The van der Waals surface area contributed by atoms with Gasteiger partial charge in [-0.1, -0.05) is 31.5 Å². The van der Waals surface area contributed by atoms with Gasteiger partial charge >= 0.3 is 0 Å². The van der Waals surface area contributed by atoms with E-state index in [0.29, 0.717) is 6.42 Å². The molecular weight excluding hydrogens is 292 g/mol. The molecule has 5 heteroatoms. The van der Waals surface area contributed by atoms with Crippen molar-refractivity contribution < 1.29 is 14.7 Å². The second kappa shape index (κ2) is 6.32. The normalized spacial score (nSPS) is 27.0. The van der Waals surface area contributed by atoms with Crippen LogP contribution in [0, 0.1) is 5.41 Å². The van der Waals surface area contributed by atoms with E-state index >= 15 is 0 Å². The number of carbonyl (C=O) groups is 2. The first kappa shape index (κ1) is 16.0. The molecule has 1 fully saturated rings. The zero-order valence-electron chi connectivity index (χ0n) is 13.5. The number of nitrogens with zero attached hydrogens (tertiary/aromatic N) is 1. The lowest BCUT2D eigenvalue weighted by Gasteiger charge is -2.32. The maximum Gasteiger partial charge on any atom is 0.240 e. The molecular formula is C18H24N2O3. The average molecular weight is 316 g/mol. The standard InChI is InChI=1S/C18H24N2O3/c1-18(12-21)10-4-7-15(18)19-16(22)11-20-14-6-3-2-5-13(14)8-9-17(20)23/h2-3,5-6,15,21H,4,7-12H2,1H3,(H,19,22). The Labute approximate surface area is 136 Å². The van der Waals surface area contributed by atoms with Crippen molar-refractivity contribution in [3.05, 3.63) is 29.8 Å². The van der Waals surface area contributed by atoms with E-state index in [-0.39, 0.29) is 36.4 Å². The lowest BCUT2D eigenvalue weighted by atomic mass is 9.86. The van der Waals surface area contributed by atoms with E-state index < -0.39 is 0 Å². The van der Waals surface area contributed by atoms with Crippen molar-refractivity contribution in [2.24, 2.45) is 5.41 Å². The van der Waals surface area contributed by atoms with Crippen LogP contribution in [0.3, 0.4) is 0 Å². The van der Waals surface area contributed by atoms with E-state index in [2.05, 4.69) is 5.32 Å². The summed E-state index contributed by atoms with van der Waals surface area (Å²) in [5, 5.41) is 12.6. The molecule has 3 rings (SSSR count). The number of benzene rings is 1. The van der Waals surface area contributed by atoms with Crippen molar-refractivity contribution in [2.45, 2.75) is 45.1 Å². The summed E-state index contributed by atoms with van der Waals surface area (Å²) in [5.74, 6) is -0.156. The van der Waals surface area contributed by atoms with Crippen molar-refractivity contribution in [3.8, 4) is 0 Å². The predicted molar refractivity (Wildman–Crippen MR) is 88.1 cm³/mol. The fourth-order valence-electron chi connectivity index (χ4n) is 3.72. The Morgan fingerprint density at radius 1 is 1.39 bits per heavy atom. The van der Waals surface area contributed by atoms with Crippen LogP contribution in [0.5, 0.6) is 0 Å². The first-order valence-electron chi connectivity index (χ1n) is 8.32. The number of hydrogen-bond acceptors (Lipinski definition) is 3. The highest BCUT2D eigenvalue weighted by Crippen LogP contribution is 2.37. The summed E-state index contributed by atoms with van der Waals surface area (Å²) >= 11 is 0. The Bertz CT molecular complexity index is 616. The van der Waals surface area contributed by atoms with Crippen LogP contribution in [0.15, 0.2) is 24.3 Å². The molecule has 1 saturated carbocycles. The number of rotatable bonds is 4. The molecule has 0 radical (unpaired) electrons. The molecule has 1 heterocycles. The van der Waals surface area contributed by atoms with Crippen molar-refractivity contribution in [2.75, 3.05) is 18.1 Å². The Morgan fingerprint density at radius 2 is 2.17 bits per heavy atom. The second-order valence-electron chi connectivity index (χ2n) is 6.93. The molecule has 2 amide bonds. The number of anilines is 1. The number of carbonyl (C=O) groups excluding carboxylic acids is 2. The van der Waals surface area contributed by atoms with Crippen LogP contribution in [-0.2, 0) is 16.0 Å². The molecule has 2 atom stereocenters. The molecule has 23 heavy (non-hydrogen) atoms. The zero-order chi connectivity index (χ0) is 16.4. The van der Waals surface area contributed by atoms with E-state index in [4.69, 9.17) is 0 Å². The minimum atomic E-state index is -0.251. The van der Waals surface area contributed by atoms with E-state index in [1.807, 2.05) is 31.2 Å². The highest BCUT2D eigenvalue weighted by molar-refractivity contribution is 6.01. The first-order chi connectivity index (χ1) is 11.0. The maximum atomic E-state index is 12.4. The van der Waals surface area contributed by atoms with Gasteiger partial charge in [0.2, 0.25) is 11.8 Å². The SMILES string of the molecule is CC1(CO)CCCC1NC(=O)CN1C(=O)CCc2ccccc21. The Balaban J connectivity index is 1.70. The lowest BCUT2D eigenvalue weighted by Crippen LogP contribution is -2.49. The predicted octanol–water partition coefficient (Wildman–Crippen LogP) is 1.63. The minimum Gasteiger partial charge on any atom is -0.396 e. The molecule has 5 nitrogen and oxygen atoms in total. The van der Waals surface area contributed by atoms with Gasteiger partial charge in [-0.15, -0.1) is 0 Å². The van der Waals surface area contributed by atoms with Gasteiger partial charge in [0, 0.05) is 23.6 Å². The monoisotopic (exact) mass is 316 g/mol. The fourth-order valence-corrected chi connectivity index (χ4v) is 3.72. The highest BCUT2D eigenvalue weighted by Gasteiger charge is 2.39. The molecule has 0 aromatic heterocycles. The number of fused-ring (bicyclic) bond motifs is 1. The number of para-hydroxylation sites is 1. The van der Waals surface area contributed by atoms with Gasteiger partial charge < -0.3 is 15.3 Å². The molecule has 2 N–H and O–H groups in total. The number of aryl methyl sites for hydroxylation is 1. The Morgan fingerprint density at radius 3 is 2.96 bits per heavy atom. The van der Waals surface area contributed by atoms with Crippen LogP contribution in [0.4, 0.5) is 5.69 Å². The number of aliphatic hydroxyl groups is 1. The Hall–Kier alpha value is -1.88. The van der Waals surface area contributed by atoms with Crippen LogP contribution in [0.1, 0.15) is 38.2 Å². The fraction of sp³-hybridized carbons (Fsp3) is 0.556. The quantitative estimate of drug-likeness (QED) is 0.887. The molecule has 1 aliphatic carbocycles. The third-order valence-electron chi connectivity index (χ3n) is 5.27. The smallest absolute Gasteiger partial charge is 0.240 e. The van der Waals surface area contributed by atoms with Crippen molar-refractivity contribution in [3.63, 3.8) is 0 Å². The summed E-state index contributed by atoms with van der Waals surface area (Å²) in [4.78, 5) is 26.2. The number of amides is 2. The molecule has 1 aromatic carbocycles. The molecule has 0 spiro atoms. The summed E-state index contributed by atoms with van der Waals surface area (Å²) in [6.45, 7) is 2.13. The van der Waals surface area contributed by atoms with Gasteiger partial charge in [-0.2, -0.15) is 0 Å². The largest absolute Gasteiger partial charge is 0.396 e. The molecule has 1 aromatic rings. The van der Waals surface area contributed by atoms with E-state index in [1.54, 1.807) is 4.90 Å². The van der Waals surface area contributed by atoms with E-state index in [9.17, 15) is 14.7 Å². The molecule has 2 unspecified atom stereocenters. The van der Waals surface area contributed by atoms with Crippen LogP contribution >= 0.6 is 0 Å². The van der Waals surface area contributed by atoms with Gasteiger partial charge in [0.05, 0.1) is 6.61 Å². The van der Waals surface area contributed by atoms with Gasteiger partial charge in [0.15, 0.2) is 0 Å². The highest BCUT2D eigenvalue weighted by atomic mass is 16.3. The van der Waals surface area contributed by atoms with Gasteiger partial charge in [-0.3, -0.25) is 9.59 Å². The van der Waals surface area contributed by atoms with Crippen molar-refractivity contribution >= 4 is 17.5 Å². The molecule has 1 aliphatic heterocycles. The van der Waals surface area contributed by atoms with Crippen LogP contribution in [0.2, 0.25) is 0 Å². The van der Waals surface area contributed by atoms with Gasteiger partial charge in [-0.05, 0) is 30.9 Å². The molecule has 2 aliphatic rings. The van der Waals surface area contributed by atoms with Crippen LogP contribution < -0.4 is 10.2 Å². The summed E-state index contributed by atoms with van der Waals surface area (Å²) in [6.07, 6.45) is 3.99. The lowest BCUT2D eigenvalue weighted by molar-refractivity contribution is -0.125. The second-order valence-corrected chi connectivity index (χ2v) is 6.93. The molecule has 124 valence electrons. The Kier molecular flexibility index (Phi) is 4.39.